The van der Waals surface area contributed by atoms with Gasteiger partial charge in [0.2, 0.25) is 0 Å². The Hall–Kier alpha value is 1.85. The third-order valence-corrected chi connectivity index (χ3v) is 0. The van der Waals surface area contributed by atoms with E-state index in [0.717, 1.165) is 0 Å². The molecule has 0 unspecified atom stereocenters. The van der Waals surface area contributed by atoms with Crippen molar-refractivity contribution in [1.29, 1.82) is 1.23 Å². The average molecular weight is 174 g/mol. The number of hydrogen-bond acceptors (Lipinski definition) is 0. The third kappa shape index (κ3) is 177. The zero-order valence-corrected chi connectivity index (χ0v) is 10.2. The Morgan fingerprint density at radius 3 is 1.22 bits per heavy atom. The molecule has 0 nitrogen and oxygen atoms in total. The van der Waals surface area contributed by atoms with Gasteiger partial charge >= 0.3 is 51.4 Å². The minimum Gasteiger partial charge on any atom is -0.335 e. The van der Waals surface area contributed by atoms with Crippen molar-refractivity contribution in [2.75, 3.05) is 0 Å². The zero-order valence-electron chi connectivity index (χ0n) is 7.08. The first kappa shape index (κ1) is 22.4. The molecule has 0 rings (SSSR count). The van der Waals surface area contributed by atoms with Gasteiger partial charge in [0.1, 0.15) is 0 Å². The molecule has 0 aliphatic heterocycles. The molecule has 9 heavy (non-hydrogen) atoms. The minimum atomic E-state index is -0.630. The summed E-state index contributed by atoms with van der Waals surface area (Å²) in [5, 5.41) is 0. The minimum absolute atomic E-state index is 0. The van der Waals surface area contributed by atoms with Crippen molar-refractivity contribution in [2.24, 2.45) is 0 Å². The summed E-state index contributed by atoms with van der Waals surface area (Å²) >= 11 is 0. The summed E-state index contributed by atoms with van der Waals surface area (Å²) in [5.74, 6) is 0. The largest absolute Gasteiger partial charge is 1.00 e. The van der Waals surface area contributed by atoms with Crippen LogP contribution < -0.4 is 51.4 Å². The summed E-state index contributed by atoms with van der Waals surface area (Å²) in [6, 6.07) is 0. The molecule has 0 aromatic rings. The summed E-state index contributed by atoms with van der Waals surface area (Å²) in [5.41, 5.74) is 0. The molecule has 2 heteroatoms. The molecule has 0 aliphatic carbocycles. The summed E-state index contributed by atoms with van der Waals surface area (Å²) < 4.78 is 6.69. The molecule has 0 atom stereocenters. The van der Waals surface area contributed by atoms with Gasteiger partial charge in [-0.1, -0.05) is 14.9 Å². The second kappa shape index (κ2) is 52.0. The molecule has 56 valence electrons. The fourth-order valence-corrected chi connectivity index (χ4v) is 0. The van der Waals surface area contributed by atoms with Crippen LogP contribution in [-0.4, -0.2) is 10.7 Å². The zero-order chi connectivity index (χ0) is 6.28. The van der Waals surface area contributed by atoms with E-state index in [1.807, 2.05) is 33.4 Å². The molecule has 0 aromatic heterocycles. The fourth-order valence-electron chi connectivity index (χ4n) is 0. The summed E-state index contributed by atoms with van der Waals surface area (Å²) in [6.45, 7) is 7.87. The van der Waals surface area contributed by atoms with Crippen molar-refractivity contribution < 1.29 is 51.4 Å². The smallest absolute Gasteiger partial charge is 0.335 e. The summed E-state index contributed by atoms with van der Waals surface area (Å²) in [4.78, 5) is 0. The normalized spacial score (nSPS) is 6.11. The van der Waals surface area contributed by atoms with Crippen molar-refractivity contribution in [1.82, 2.24) is 0 Å². The molecule has 0 aromatic carbocycles. The van der Waals surface area contributed by atoms with Gasteiger partial charge in [0, 0.05) is 0 Å². The van der Waals surface area contributed by atoms with E-state index in [2.05, 4.69) is 0 Å². The van der Waals surface area contributed by atoms with Gasteiger partial charge < -0.3 is 6.42 Å². The molecule has 0 aliphatic rings. The van der Waals surface area contributed by atoms with E-state index in [1.165, 1.54) is 0 Å². The van der Waals surface area contributed by atoms with Crippen LogP contribution >= 0.6 is 0 Å². The Kier molecular flexibility index (Phi) is 130. The van der Waals surface area contributed by atoms with Crippen LogP contribution in [-0.2, 0) is 0 Å². The van der Waals surface area contributed by atoms with E-state index in [4.69, 9.17) is 1.23 Å². The Labute approximate surface area is 109 Å². The SMILES string of the molecule is C.C.C[CH-]C.[2H][Si-](C)C.[K+]. The van der Waals surface area contributed by atoms with Gasteiger partial charge in [-0.15, -0.1) is 0 Å². The predicted molar refractivity (Wildman–Crippen MR) is 48.0 cm³/mol. The van der Waals surface area contributed by atoms with E-state index >= 15 is 0 Å². The van der Waals surface area contributed by atoms with Gasteiger partial charge in [-0.2, -0.15) is 26.9 Å². The van der Waals surface area contributed by atoms with Crippen LogP contribution in [0.4, 0.5) is 0 Å². The second-order valence-corrected chi connectivity index (χ2v) is 2.08. The maximum absolute atomic E-state index is 6.69. The number of hydrogen-bond donors (Lipinski definition) is 0. The summed E-state index contributed by atoms with van der Waals surface area (Å²) in [6.07, 6.45) is 2.00. The van der Waals surface area contributed by atoms with Crippen molar-refractivity contribution in [3.63, 3.8) is 0 Å². The molecule has 0 N–H and O–H groups in total. The van der Waals surface area contributed by atoms with E-state index in [1.54, 1.807) is 0 Å². The monoisotopic (exact) mass is 174 g/mol. The molecule has 0 spiro atoms. The van der Waals surface area contributed by atoms with Crippen molar-refractivity contribution in [2.45, 2.75) is 41.8 Å². The predicted octanol–water partition coefficient (Wildman–Crippen LogP) is 0.0258. The first-order chi connectivity index (χ1) is 3.15. The van der Waals surface area contributed by atoms with E-state index in [0.29, 0.717) is 0 Å². The maximum atomic E-state index is 6.69. The molecular weight excluding hydrogens is 151 g/mol. The van der Waals surface area contributed by atoms with Gasteiger partial charge in [0.05, 0.1) is 0 Å². The van der Waals surface area contributed by atoms with Crippen molar-refractivity contribution in [3.05, 3.63) is 6.42 Å². The van der Waals surface area contributed by atoms with Crippen molar-refractivity contribution >= 4 is 9.45 Å². The summed E-state index contributed by atoms with van der Waals surface area (Å²) in [7, 11) is -0.630. The van der Waals surface area contributed by atoms with Crippen LogP contribution in [0.1, 0.15) is 28.7 Å². The van der Waals surface area contributed by atoms with Crippen LogP contribution in [0.5, 0.6) is 0 Å². The van der Waals surface area contributed by atoms with Gasteiger partial charge in [0.15, 0.2) is 0 Å². The van der Waals surface area contributed by atoms with E-state index < -0.39 is 9.45 Å². The van der Waals surface area contributed by atoms with Crippen LogP contribution in [0.25, 0.3) is 0 Å². The Bertz CT molecular complexity index is 24.8. The Balaban J connectivity index is -0.0000000131. The third-order valence-electron chi connectivity index (χ3n) is 0. The van der Waals surface area contributed by atoms with Crippen LogP contribution in [0.3, 0.4) is 0 Å². The Morgan fingerprint density at radius 1 is 1.22 bits per heavy atom. The fraction of sp³-hybridized carbons (Fsp3) is 0.857. The molecule has 0 bridgehead atoms. The topological polar surface area (TPSA) is 0 Å². The first-order valence-electron chi connectivity index (χ1n) is 2.65. The van der Waals surface area contributed by atoms with Crippen LogP contribution in [0, 0.1) is 6.42 Å². The molecule has 0 saturated carbocycles. The maximum Gasteiger partial charge on any atom is 1.00 e. The molecule has 0 fully saturated rings. The van der Waals surface area contributed by atoms with Crippen molar-refractivity contribution in [3.8, 4) is 0 Å². The van der Waals surface area contributed by atoms with Gasteiger partial charge in [-0.3, -0.25) is 9.45 Å². The molecular formula is C7H22KSi-. The average Bonchev–Trinajstić information content (AvgIpc) is 1.33. The quantitative estimate of drug-likeness (QED) is 0.359. The molecule has 0 saturated heterocycles. The number of rotatable bonds is 0. The van der Waals surface area contributed by atoms with Crippen LogP contribution in [0.2, 0.25) is 13.1 Å². The molecule has 0 amide bonds. The second-order valence-electron chi connectivity index (χ2n) is 1.08. The van der Waals surface area contributed by atoms with Gasteiger partial charge in [-0.25, -0.2) is 1.23 Å². The van der Waals surface area contributed by atoms with Gasteiger partial charge in [0.25, 0.3) is 0 Å². The molecule has 0 radical (unpaired) electrons. The van der Waals surface area contributed by atoms with E-state index in [-0.39, 0.29) is 66.2 Å². The first-order valence-corrected chi connectivity index (χ1v) is 4.15. The van der Waals surface area contributed by atoms with Crippen LogP contribution in [0.15, 0.2) is 0 Å². The Morgan fingerprint density at radius 2 is 1.22 bits per heavy atom. The molecule has 0 heterocycles. The van der Waals surface area contributed by atoms with Gasteiger partial charge in [-0.05, 0) is 0 Å². The van der Waals surface area contributed by atoms with E-state index in [9.17, 15) is 0 Å². The standard InChI is InChI=1S/C3H7.C2H7Si.2CH4.K/c2*1-3-2;;;/h2*3H,1-2H3;2*1H4;/q2*-1;;;+1/i;3D;;;.